The average Bonchev–Trinajstić information content (AvgIpc) is 2.83. The molecule has 1 aromatic rings. The van der Waals surface area contributed by atoms with Crippen molar-refractivity contribution in [3.05, 3.63) is 46.8 Å². The lowest BCUT2D eigenvalue weighted by atomic mass is 10.2. The number of hydrogen-bond acceptors (Lipinski definition) is 3. The number of benzene rings is 1. The van der Waals surface area contributed by atoms with Crippen LogP contribution in [0.25, 0.3) is 0 Å². The minimum absolute atomic E-state index is 0.0216. The Kier molecular flexibility index (Phi) is 4.12. The predicted molar refractivity (Wildman–Crippen MR) is 71.3 cm³/mol. The monoisotopic (exact) mass is 319 g/mol. The van der Waals surface area contributed by atoms with Crippen LogP contribution in [-0.4, -0.2) is 36.4 Å². The fourth-order valence-corrected chi connectivity index (χ4v) is 3.81. The van der Waals surface area contributed by atoms with Crippen LogP contribution in [0.2, 0.25) is 5.02 Å². The summed E-state index contributed by atoms with van der Waals surface area (Å²) in [5.74, 6) is -2.41. The van der Waals surface area contributed by atoms with E-state index in [9.17, 15) is 17.6 Å². The Bertz CT molecular complexity index is 674. The zero-order chi connectivity index (χ0) is 14.9. The number of carbonyl (C=O) groups is 1. The molecule has 1 N–H and O–H groups in total. The van der Waals surface area contributed by atoms with Crippen LogP contribution < -0.4 is 0 Å². The van der Waals surface area contributed by atoms with Gasteiger partial charge in [-0.3, -0.25) is 4.79 Å². The summed E-state index contributed by atoms with van der Waals surface area (Å²) < 4.78 is 38.4. The van der Waals surface area contributed by atoms with Crippen molar-refractivity contribution in [3.63, 3.8) is 0 Å². The van der Waals surface area contributed by atoms with Crippen molar-refractivity contribution in [1.82, 2.24) is 4.31 Å². The molecule has 1 aliphatic heterocycles. The van der Waals surface area contributed by atoms with Crippen LogP contribution in [0.5, 0.6) is 0 Å². The maximum absolute atomic E-state index is 13.1. The third-order valence-electron chi connectivity index (χ3n) is 2.87. The quantitative estimate of drug-likeness (QED) is 0.856. The summed E-state index contributed by atoms with van der Waals surface area (Å²) in [6, 6.07) is 2.18. The fourth-order valence-electron chi connectivity index (χ4n) is 1.93. The molecule has 0 radical (unpaired) electrons. The molecule has 0 spiro atoms. The van der Waals surface area contributed by atoms with E-state index >= 15 is 0 Å². The zero-order valence-electron chi connectivity index (χ0n) is 10.2. The molecule has 1 heterocycles. The summed E-state index contributed by atoms with van der Waals surface area (Å²) in [6.45, 7) is -0.0216. The molecule has 108 valence electrons. The van der Waals surface area contributed by atoms with Gasteiger partial charge in [-0.15, -0.1) is 0 Å². The minimum atomic E-state index is -3.91. The van der Waals surface area contributed by atoms with Gasteiger partial charge in [-0.1, -0.05) is 23.8 Å². The highest BCUT2D eigenvalue weighted by atomic mass is 35.5. The Balaban J connectivity index is 2.28. The second-order valence-electron chi connectivity index (χ2n) is 4.27. The lowest BCUT2D eigenvalue weighted by Crippen LogP contribution is -2.41. The maximum Gasteiger partial charge on any atom is 0.325 e. The molecule has 5 nitrogen and oxygen atoms in total. The van der Waals surface area contributed by atoms with Gasteiger partial charge in [0.15, 0.2) is 0 Å². The third-order valence-corrected chi connectivity index (χ3v) is 5.01. The van der Waals surface area contributed by atoms with Gasteiger partial charge in [0.05, 0.1) is 5.75 Å². The SMILES string of the molecule is O=C(O)C1C=CCN1S(=O)(=O)Cc1cc(F)ccc1Cl. The van der Waals surface area contributed by atoms with Gasteiger partial charge in [-0.25, -0.2) is 12.8 Å². The van der Waals surface area contributed by atoms with Crippen LogP contribution in [-0.2, 0) is 20.6 Å². The highest BCUT2D eigenvalue weighted by Crippen LogP contribution is 2.24. The van der Waals surface area contributed by atoms with Crippen molar-refractivity contribution < 1.29 is 22.7 Å². The normalized spacial score (nSPS) is 19.4. The first-order valence-corrected chi connectivity index (χ1v) is 7.63. The van der Waals surface area contributed by atoms with Gasteiger partial charge in [-0.05, 0) is 23.8 Å². The highest BCUT2D eigenvalue weighted by molar-refractivity contribution is 7.88. The molecule has 1 aliphatic rings. The fraction of sp³-hybridized carbons (Fsp3) is 0.250. The summed E-state index contributed by atoms with van der Waals surface area (Å²) in [7, 11) is -3.91. The summed E-state index contributed by atoms with van der Waals surface area (Å²) in [6.07, 6.45) is 2.76. The van der Waals surface area contributed by atoms with E-state index in [0.717, 1.165) is 16.4 Å². The van der Waals surface area contributed by atoms with Gasteiger partial charge in [0.25, 0.3) is 0 Å². The van der Waals surface area contributed by atoms with Crippen molar-refractivity contribution in [1.29, 1.82) is 0 Å². The van der Waals surface area contributed by atoms with Crippen molar-refractivity contribution in [3.8, 4) is 0 Å². The topological polar surface area (TPSA) is 74.7 Å². The molecule has 0 amide bonds. The van der Waals surface area contributed by atoms with Crippen LogP contribution in [0.3, 0.4) is 0 Å². The standard InChI is InChI=1S/C12H11ClFNO4S/c13-10-4-3-9(14)6-8(10)7-20(18,19)15-5-1-2-11(15)12(16)17/h1-4,6,11H,5,7H2,(H,16,17). The molecule has 1 aromatic carbocycles. The molecule has 1 unspecified atom stereocenters. The number of halogens is 2. The van der Waals surface area contributed by atoms with Crippen LogP contribution >= 0.6 is 11.6 Å². The Morgan fingerprint density at radius 2 is 2.20 bits per heavy atom. The molecule has 2 rings (SSSR count). The van der Waals surface area contributed by atoms with Gasteiger partial charge < -0.3 is 5.11 Å². The van der Waals surface area contributed by atoms with E-state index in [1.807, 2.05) is 0 Å². The lowest BCUT2D eigenvalue weighted by Gasteiger charge is -2.21. The summed E-state index contributed by atoms with van der Waals surface area (Å²) in [5, 5.41) is 9.09. The van der Waals surface area contributed by atoms with Gasteiger partial charge >= 0.3 is 5.97 Å². The number of nitrogens with zero attached hydrogens (tertiary/aromatic N) is 1. The van der Waals surface area contributed by atoms with Crippen LogP contribution in [0, 0.1) is 5.82 Å². The summed E-state index contributed by atoms with van der Waals surface area (Å²) in [5.41, 5.74) is 0.0997. The molecule has 0 aromatic heterocycles. The second kappa shape index (κ2) is 5.51. The number of carboxylic acid groups (broad SMARTS) is 1. The number of hydrogen-bond donors (Lipinski definition) is 1. The molecule has 8 heteroatoms. The molecule has 0 saturated heterocycles. The van der Waals surface area contributed by atoms with Crippen LogP contribution in [0.15, 0.2) is 30.4 Å². The van der Waals surface area contributed by atoms with E-state index in [4.69, 9.17) is 16.7 Å². The van der Waals surface area contributed by atoms with Gasteiger partial charge in [0.1, 0.15) is 11.9 Å². The Morgan fingerprint density at radius 3 is 2.85 bits per heavy atom. The lowest BCUT2D eigenvalue weighted by molar-refractivity contribution is -0.139. The van der Waals surface area contributed by atoms with E-state index in [1.165, 1.54) is 18.2 Å². The van der Waals surface area contributed by atoms with Crippen LogP contribution in [0.4, 0.5) is 4.39 Å². The van der Waals surface area contributed by atoms with Crippen LogP contribution in [0.1, 0.15) is 5.56 Å². The molecular weight excluding hydrogens is 309 g/mol. The molecule has 0 saturated carbocycles. The molecule has 20 heavy (non-hydrogen) atoms. The smallest absolute Gasteiger partial charge is 0.325 e. The minimum Gasteiger partial charge on any atom is -0.480 e. The summed E-state index contributed by atoms with van der Waals surface area (Å²) in [4.78, 5) is 11.0. The third kappa shape index (κ3) is 3.00. The molecule has 0 bridgehead atoms. The highest BCUT2D eigenvalue weighted by Gasteiger charge is 2.35. The Hall–Kier alpha value is -1.44. The van der Waals surface area contributed by atoms with Gasteiger partial charge in [0, 0.05) is 11.6 Å². The molecule has 0 fully saturated rings. The zero-order valence-corrected chi connectivity index (χ0v) is 11.7. The van der Waals surface area contributed by atoms with E-state index in [-0.39, 0.29) is 17.1 Å². The number of carboxylic acids is 1. The molecule has 0 aliphatic carbocycles. The first-order valence-electron chi connectivity index (χ1n) is 5.64. The molecule has 1 atom stereocenters. The van der Waals surface area contributed by atoms with E-state index in [1.54, 1.807) is 0 Å². The summed E-state index contributed by atoms with van der Waals surface area (Å²) >= 11 is 5.83. The molecular formula is C12H11ClFNO4S. The van der Waals surface area contributed by atoms with Crippen molar-refractivity contribution in [2.75, 3.05) is 6.54 Å². The Morgan fingerprint density at radius 1 is 1.50 bits per heavy atom. The van der Waals surface area contributed by atoms with Crippen molar-refractivity contribution in [2.45, 2.75) is 11.8 Å². The van der Waals surface area contributed by atoms with Gasteiger partial charge in [-0.2, -0.15) is 4.31 Å². The van der Waals surface area contributed by atoms with Crippen molar-refractivity contribution >= 4 is 27.6 Å². The van der Waals surface area contributed by atoms with E-state index < -0.39 is 33.6 Å². The average molecular weight is 320 g/mol. The van der Waals surface area contributed by atoms with Gasteiger partial charge in [0.2, 0.25) is 10.0 Å². The van der Waals surface area contributed by atoms with E-state index in [2.05, 4.69) is 0 Å². The number of rotatable bonds is 4. The second-order valence-corrected chi connectivity index (χ2v) is 6.60. The van der Waals surface area contributed by atoms with Crippen molar-refractivity contribution in [2.24, 2.45) is 0 Å². The first-order chi connectivity index (χ1) is 9.31. The number of sulfonamides is 1. The maximum atomic E-state index is 13.1. The largest absolute Gasteiger partial charge is 0.480 e. The number of aliphatic carboxylic acids is 1. The first kappa shape index (κ1) is 15.0. The Labute approximate surface area is 120 Å². The predicted octanol–water partition coefficient (Wildman–Crippen LogP) is 1.63. The van der Waals surface area contributed by atoms with E-state index in [0.29, 0.717) is 0 Å².